The summed E-state index contributed by atoms with van der Waals surface area (Å²) in [5.74, 6) is 2.96. The summed E-state index contributed by atoms with van der Waals surface area (Å²) >= 11 is 0. The van der Waals surface area contributed by atoms with E-state index in [1.54, 1.807) is 0 Å². The van der Waals surface area contributed by atoms with Crippen molar-refractivity contribution in [2.45, 2.75) is 79.1 Å². The maximum absolute atomic E-state index is 8.81. The standard InChI is InChI=1S/C51H39N2O.C25H25N2.Ir/c1-31(2)41-26-35(33-16-7-5-8-17-33)27-42(32(3)4)49(41)53-47-25-14-13-24-46(47)52-51(53)40-23-15-22-39-45-30-44-36(29-48(45)54-50(39)40)28-43(34-18-9-6-10-19-34)37-20-11-12-21-38(37)44;1-17(2)20-13-10-14-21(18(3)4)24(20)27-23-16-9-8-15-22(23)26-25(27)19-11-6-5-7-12-19;/h5-22,24-32H,1-4H3;5-11,13-18H,1-4H3;/q2*-1;/i6D,9D,10D,18D,19D;;. The molecule has 3 heterocycles. The number of imidazole rings is 2. The summed E-state index contributed by atoms with van der Waals surface area (Å²) in [5, 5.41) is 5.37. The van der Waals surface area contributed by atoms with Crippen LogP contribution in [0.25, 0.3) is 122 Å². The van der Waals surface area contributed by atoms with Gasteiger partial charge >= 0.3 is 0 Å². The topological polar surface area (TPSA) is 48.8 Å². The molecule has 405 valence electrons. The molecule has 0 amide bonds. The van der Waals surface area contributed by atoms with Gasteiger partial charge < -0.3 is 13.6 Å². The minimum Gasteiger partial charge on any atom is -0.501 e. The predicted octanol–water partition coefficient (Wildman–Crippen LogP) is 21.0. The van der Waals surface area contributed by atoms with Gasteiger partial charge in [-0.1, -0.05) is 194 Å². The fraction of sp³-hybridized carbons (Fsp3) is 0.158. The van der Waals surface area contributed by atoms with Gasteiger partial charge in [0.05, 0.1) is 46.2 Å². The summed E-state index contributed by atoms with van der Waals surface area (Å²) in [5.41, 5.74) is 17.8. The van der Waals surface area contributed by atoms with Gasteiger partial charge in [-0.3, -0.25) is 9.97 Å². The molecule has 1 radical (unpaired) electrons. The normalized spacial score (nSPS) is 12.6. The summed E-state index contributed by atoms with van der Waals surface area (Å²) in [6, 6.07) is 69.9. The van der Waals surface area contributed by atoms with Gasteiger partial charge in [-0.25, -0.2) is 0 Å². The molecule has 11 aromatic carbocycles. The number of nitrogens with zero attached hydrogens (tertiary/aromatic N) is 4. The molecule has 0 spiro atoms. The first kappa shape index (κ1) is 48.1. The quantitative estimate of drug-likeness (QED) is 0.101. The van der Waals surface area contributed by atoms with Crippen LogP contribution in [0, 0.1) is 12.1 Å². The maximum Gasteiger partial charge on any atom is 0.121 e. The molecule has 14 rings (SSSR count). The molecule has 0 aliphatic carbocycles. The number of benzene rings is 11. The number of fused-ring (bicyclic) bond motifs is 8. The average Bonchev–Trinajstić information content (AvgIpc) is 1.77. The van der Waals surface area contributed by atoms with Crippen LogP contribution < -0.4 is 0 Å². The molecule has 0 atom stereocenters. The molecule has 0 N–H and O–H groups in total. The molecule has 0 unspecified atom stereocenters. The van der Waals surface area contributed by atoms with Gasteiger partial charge in [0.25, 0.3) is 0 Å². The van der Waals surface area contributed by atoms with Crippen molar-refractivity contribution in [1.29, 1.82) is 0 Å². The Bertz CT molecular complexity index is 4880. The molecule has 0 saturated carbocycles. The van der Waals surface area contributed by atoms with Crippen molar-refractivity contribution < 1.29 is 31.4 Å². The van der Waals surface area contributed by atoms with E-state index in [4.69, 9.17) is 21.2 Å². The third-order valence-corrected chi connectivity index (χ3v) is 15.8. The average molecular weight is 1250 g/mol. The Morgan fingerprint density at radius 3 is 1.65 bits per heavy atom. The van der Waals surface area contributed by atoms with Crippen LogP contribution in [0.4, 0.5) is 0 Å². The molecular formula is C76H64IrN4O-2. The van der Waals surface area contributed by atoms with Gasteiger partial charge in [-0.05, 0) is 144 Å². The molecular weight excluding hydrogens is 1180 g/mol. The number of hydrogen-bond donors (Lipinski definition) is 0. The fourth-order valence-electron chi connectivity index (χ4n) is 11.9. The number of hydrogen-bond acceptors (Lipinski definition) is 3. The van der Waals surface area contributed by atoms with Crippen molar-refractivity contribution in [3.63, 3.8) is 0 Å². The van der Waals surface area contributed by atoms with Crippen LogP contribution in [-0.4, -0.2) is 19.1 Å². The van der Waals surface area contributed by atoms with Crippen LogP contribution >= 0.6 is 0 Å². The van der Waals surface area contributed by atoms with Crippen molar-refractivity contribution in [3.8, 4) is 56.4 Å². The van der Waals surface area contributed by atoms with E-state index in [0.717, 1.165) is 82.8 Å². The van der Waals surface area contributed by atoms with Gasteiger partial charge in [0.15, 0.2) is 0 Å². The van der Waals surface area contributed by atoms with E-state index in [2.05, 4.69) is 192 Å². The van der Waals surface area contributed by atoms with Gasteiger partial charge in [0.2, 0.25) is 0 Å². The first-order valence-electron chi connectivity index (χ1n) is 30.7. The number of para-hydroxylation sites is 5. The zero-order chi connectivity index (χ0) is 59.8. The molecule has 14 aromatic rings. The summed E-state index contributed by atoms with van der Waals surface area (Å²) in [7, 11) is 0. The first-order valence-corrected chi connectivity index (χ1v) is 28.2. The van der Waals surface area contributed by atoms with E-state index < -0.39 is 6.04 Å². The van der Waals surface area contributed by atoms with Crippen LogP contribution in [0.3, 0.4) is 0 Å². The van der Waals surface area contributed by atoms with Crippen LogP contribution in [0.2, 0.25) is 0 Å². The third kappa shape index (κ3) is 9.54. The van der Waals surface area contributed by atoms with Gasteiger partial charge in [0, 0.05) is 36.9 Å². The molecule has 0 saturated heterocycles. The minimum atomic E-state index is -0.413. The van der Waals surface area contributed by atoms with E-state index in [9.17, 15) is 0 Å². The third-order valence-electron chi connectivity index (χ3n) is 15.8. The van der Waals surface area contributed by atoms with E-state index >= 15 is 0 Å². The minimum absolute atomic E-state index is 0. The van der Waals surface area contributed by atoms with Crippen LogP contribution in [0.15, 0.2) is 223 Å². The molecule has 6 heteroatoms. The van der Waals surface area contributed by atoms with E-state index in [1.165, 1.54) is 39.1 Å². The van der Waals surface area contributed by atoms with Crippen LogP contribution in [0.5, 0.6) is 0 Å². The predicted molar refractivity (Wildman–Crippen MR) is 340 cm³/mol. The second-order valence-electron chi connectivity index (χ2n) is 22.3. The smallest absolute Gasteiger partial charge is 0.121 e. The largest absolute Gasteiger partial charge is 0.501 e. The van der Waals surface area contributed by atoms with Crippen molar-refractivity contribution in [1.82, 2.24) is 19.1 Å². The van der Waals surface area contributed by atoms with Gasteiger partial charge in [-0.15, -0.1) is 54.1 Å². The Labute approximate surface area is 501 Å². The van der Waals surface area contributed by atoms with Crippen molar-refractivity contribution in [2.75, 3.05) is 0 Å². The summed E-state index contributed by atoms with van der Waals surface area (Å²) in [6.07, 6.45) is 0. The Morgan fingerprint density at radius 2 is 1.01 bits per heavy atom. The van der Waals surface area contributed by atoms with Gasteiger partial charge in [0.1, 0.15) is 5.58 Å². The van der Waals surface area contributed by atoms with E-state index in [1.807, 2.05) is 72.8 Å². The molecule has 0 aliphatic rings. The Balaban J connectivity index is 0.000000221. The van der Waals surface area contributed by atoms with Crippen LogP contribution in [-0.2, 0) is 20.1 Å². The fourth-order valence-corrected chi connectivity index (χ4v) is 11.9. The van der Waals surface area contributed by atoms with Crippen molar-refractivity contribution >= 4 is 65.6 Å². The Morgan fingerprint density at radius 1 is 0.439 bits per heavy atom. The number of aromatic nitrogens is 4. The number of rotatable bonds is 10. The summed E-state index contributed by atoms with van der Waals surface area (Å²) in [6.45, 7) is 18.0. The van der Waals surface area contributed by atoms with Crippen molar-refractivity contribution in [3.05, 3.63) is 253 Å². The monoisotopic (exact) mass is 1250 g/mol. The zero-order valence-corrected chi connectivity index (χ0v) is 49.6. The second kappa shape index (κ2) is 22.3. The molecule has 0 bridgehead atoms. The van der Waals surface area contributed by atoms with E-state index in [-0.39, 0.29) is 61.7 Å². The van der Waals surface area contributed by atoms with Gasteiger partial charge in [-0.2, -0.15) is 0 Å². The van der Waals surface area contributed by atoms with Crippen LogP contribution in [0.1, 0.15) is 108 Å². The second-order valence-corrected chi connectivity index (χ2v) is 22.3. The first-order chi connectivity index (χ1) is 41.6. The SMILES string of the molecule is CC(C)c1cccc(C(C)C)c1-n1c(-c2[c-]cccc2)nc2ccccc21.[2H]c1c([2H])c([2H])c(-c2cc3cc4oc5c(-c6nc7ccccc7n6-c6c(C(C)C)cc(-c7ccccc7)cc6C(C)C)[c-]ccc5c4cc3c3ccccc23)c([2H])c1[2H].[Ir]. The molecule has 82 heavy (non-hydrogen) atoms. The van der Waals surface area contributed by atoms with E-state index in [0.29, 0.717) is 28.6 Å². The maximum atomic E-state index is 8.81. The molecule has 0 fully saturated rings. The number of furan rings is 1. The molecule has 3 aromatic heterocycles. The molecule has 0 aliphatic heterocycles. The summed E-state index contributed by atoms with van der Waals surface area (Å²) in [4.78, 5) is 10.3. The summed E-state index contributed by atoms with van der Waals surface area (Å²) < 4.78 is 54.1. The zero-order valence-electron chi connectivity index (χ0n) is 52.2. The van der Waals surface area contributed by atoms with Crippen molar-refractivity contribution in [2.24, 2.45) is 0 Å². The molecule has 5 nitrogen and oxygen atoms in total. The Hall–Kier alpha value is -8.67. The Kier molecular flexibility index (Phi) is 13.1.